The van der Waals surface area contributed by atoms with Crippen LogP contribution in [0.4, 0.5) is 10.1 Å². The fourth-order valence-corrected chi connectivity index (χ4v) is 2.51. The van der Waals surface area contributed by atoms with Gasteiger partial charge in [0.2, 0.25) is 0 Å². The van der Waals surface area contributed by atoms with E-state index >= 15 is 0 Å². The highest BCUT2D eigenvalue weighted by molar-refractivity contribution is 7.99. The van der Waals surface area contributed by atoms with Gasteiger partial charge in [-0.2, -0.15) is 0 Å². The van der Waals surface area contributed by atoms with Gasteiger partial charge in [-0.1, -0.05) is 29.4 Å². The molecule has 0 saturated heterocycles. The Kier molecular flexibility index (Phi) is 3.99. The van der Waals surface area contributed by atoms with Crippen molar-refractivity contribution >= 4 is 29.1 Å². The van der Waals surface area contributed by atoms with E-state index in [1.165, 1.54) is 23.9 Å². The quantitative estimate of drug-likeness (QED) is 0.857. The Morgan fingerprint density at radius 2 is 2.06 bits per heavy atom. The molecule has 0 fully saturated rings. The van der Waals surface area contributed by atoms with Crippen LogP contribution < -0.4 is 10.5 Å². The van der Waals surface area contributed by atoms with Gasteiger partial charge in [0.1, 0.15) is 11.6 Å². The number of nitrogens with two attached hydrogens (primary N) is 1. The highest BCUT2D eigenvalue weighted by Crippen LogP contribution is 2.35. The van der Waals surface area contributed by atoms with E-state index in [1.54, 1.807) is 7.11 Å². The van der Waals surface area contributed by atoms with Gasteiger partial charge < -0.3 is 10.5 Å². The van der Waals surface area contributed by atoms with Gasteiger partial charge in [-0.25, -0.2) is 4.39 Å². The lowest BCUT2D eigenvalue weighted by Crippen LogP contribution is -1.91. The van der Waals surface area contributed by atoms with Gasteiger partial charge in [0.05, 0.1) is 12.1 Å². The summed E-state index contributed by atoms with van der Waals surface area (Å²) < 4.78 is 18.5. The third kappa shape index (κ3) is 2.89. The van der Waals surface area contributed by atoms with E-state index in [0.717, 1.165) is 10.6 Å². The molecule has 0 spiro atoms. The minimum absolute atomic E-state index is 0.0301. The fourth-order valence-electron chi connectivity index (χ4n) is 1.42. The fraction of sp³-hybridized carbons (Fsp3) is 0.0769. The predicted octanol–water partition coefficient (Wildman–Crippen LogP) is 4.22. The van der Waals surface area contributed by atoms with Gasteiger partial charge in [-0.05, 0) is 30.3 Å². The summed E-state index contributed by atoms with van der Waals surface area (Å²) >= 11 is 7.02. The van der Waals surface area contributed by atoms with Crippen molar-refractivity contribution in [3.63, 3.8) is 0 Å². The summed E-state index contributed by atoms with van der Waals surface area (Å²) in [7, 11) is 1.60. The number of hydrogen-bond donors (Lipinski definition) is 1. The summed E-state index contributed by atoms with van der Waals surface area (Å²) in [5.74, 6) is 0.268. The third-order valence-electron chi connectivity index (χ3n) is 2.32. The number of anilines is 1. The lowest BCUT2D eigenvalue weighted by molar-refractivity contribution is 0.413. The number of nitrogen functional groups attached to an aromatic ring is 1. The number of ether oxygens (including phenoxy) is 1. The minimum Gasteiger partial charge on any atom is -0.497 e. The maximum absolute atomic E-state index is 13.4. The summed E-state index contributed by atoms with van der Waals surface area (Å²) in [4.78, 5) is 1.55. The van der Waals surface area contributed by atoms with Crippen molar-refractivity contribution in [1.82, 2.24) is 0 Å². The van der Waals surface area contributed by atoms with Crippen LogP contribution in [0.25, 0.3) is 0 Å². The molecule has 0 radical (unpaired) electrons. The Morgan fingerprint density at radius 3 is 2.78 bits per heavy atom. The van der Waals surface area contributed by atoms with Crippen molar-refractivity contribution in [2.24, 2.45) is 0 Å². The second-order valence-corrected chi connectivity index (χ2v) is 5.11. The zero-order valence-corrected chi connectivity index (χ0v) is 11.2. The highest BCUT2D eigenvalue weighted by Gasteiger charge is 2.08. The first-order chi connectivity index (χ1) is 8.60. The average molecular weight is 284 g/mol. The maximum atomic E-state index is 13.4. The Hall–Kier alpha value is -1.39. The first-order valence-corrected chi connectivity index (χ1v) is 6.36. The summed E-state index contributed by atoms with van der Waals surface area (Å²) in [5, 5.41) is 0.0301. The van der Waals surface area contributed by atoms with E-state index in [0.29, 0.717) is 10.6 Å². The molecule has 0 aliphatic rings. The third-order valence-corrected chi connectivity index (χ3v) is 3.67. The van der Waals surface area contributed by atoms with Gasteiger partial charge in [-0.3, -0.25) is 0 Å². The molecular weight excluding hydrogens is 273 g/mol. The highest BCUT2D eigenvalue weighted by atomic mass is 35.5. The number of halogens is 2. The van der Waals surface area contributed by atoms with Gasteiger partial charge in [0.25, 0.3) is 0 Å². The van der Waals surface area contributed by atoms with Crippen molar-refractivity contribution in [3.05, 3.63) is 47.2 Å². The predicted molar refractivity (Wildman–Crippen MR) is 72.9 cm³/mol. The average Bonchev–Trinajstić information content (AvgIpc) is 2.36. The van der Waals surface area contributed by atoms with E-state index < -0.39 is 5.82 Å². The van der Waals surface area contributed by atoms with Crippen molar-refractivity contribution in [1.29, 1.82) is 0 Å². The van der Waals surface area contributed by atoms with Gasteiger partial charge >= 0.3 is 0 Å². The number of benzene rings is 2. The second kappa shape index (κ2) is 5.50. The van der Waals surface area contributed by atoms with Crippen LogP contribution in [0.1, 0.15) is 0 Å². The molecule has 94 valence electrons. The van der Waals surface area contributed by atoms with Crippen LogP contribution >= 0.6 is 23.4 Å². The molecule has 0 saturated carbocycles. The van der Waals surface area contributed by atoms with E-state index in [4.69, 9.17) is 22.1 Å². The molecular formula is C13H11ClFNOS. The normalized spacial score (nSPS) is 10.4. The monoisotopic (exact) mass is 283 g/mol. The topological polar surface area (TPSA) is 35.2 Å². The van der Waals surface area contributed by atoms with E-state index in [1.807, 2.05) is 24.3 Å². The lowest BCUT2D eigenvalue weighted by atomic mass is 10.3. The van der Waals surface area contributed by atoms with Crippen molar-refractivity contribution in [2.75, 3.05) is 12.8 Å². The molecule has 0 aromatic heterocycles. The molecule has 2 rings (SSSR count). The van der Waals surface area contributed by atoms with Crippen molar-refractivity contribution < 1.29 is 9.13 Å². The van der Waals surface area contributed by atoms with Crippen LogP contribution in [0.5, 0.6) is 5.75 Å². The Labute approximate surface area is 114 Å². The lowest BCUT2D eigenvalue weighted by Gasteiger charge is -2.08. The standard InChI is InChI=1S/C13H11ClFNOS/c1-17-8-3-2-4-9(5-8)18-13-7-11(15)10(14)6-12(13)16/h2-7H,16H2,1H3. The Balaban J connectivity index is 2.30. The van der Waals surface area contributed by atoms with Crippen LogP contribution in [-0.2, 0) is 0 Å². The number of rotatable bonds is 3. The molecule has 5 heteroatoms. The largest absolute Gasteiger partial charge is 0.497 e. The smallest absolute Gasteiger partial charge is 0.143 e. The molecule has 0 atom stereocenters. The maximum Gasteiger partial charge on any atom is 0.143 e. The van der Waals surface area contributed by atoms with Crippen LogP contribution in [0.2, 0.25) is 5.02 Å². The number of hydrogen-bond acceptors (Lipinski definition) is 3. The zero-order chi connectivity index (χ0) is 13.1. The molecule has 0 aliphatic carbocycles. The van der Waals surface area contributed by atoms with Crippen LogP contribution in [0.15, 0.2) is 46.2 Å². The second-order valence-electron chi connectivity index (χ2n) is 3.59. The van der Waals surface area contributed by atoms with Gasteiger partial charge in [0.15, 0.2) is 0 Å². The summed E-state index contributed by atoms with van der Waals surface area (Å²) in [6, 6.07) is 10.2. The van der Waals surface area contributed by atoms with Crippen LogP contribution in [0.3, 0.4) is 0 Å². The summed E-state index contributed by atoms with van der Waals surface area (Å²) in [6.07, 6.45) is 0. The summed E-state index contributed by atoms with van der Waals surface area (Å²) in [5.41, 5.74) is 6.26. The Bertz CT molecular complexity index is 577. The molecule has 0 unspecified atom stereocenters. The number of methoxy groups -OCH3 is 1. The molecule has 0 heterocycles. The Morgan fingerprint density at radius 1 is 1.28 bits per heavy atom. The molecule has 18 heavy (non-hydrogen) atoms. The minimum atomic E-state index is -0.476. The van der Waals surface area contributed by atoms with Crippen LogP contribution in [-0.4, -0.2) is 7.11 Å². The SMILES string of the molecule is COc1cccc(Sc2cc(F)c(Cl)cc2N)c1. The molecule has 0 bridgehead atoms. The zero-order valence-electron chi connectivity index (χ0n) is 9.61. The molecule has 2 aromatic carbocycles. The van der Waals surface area contributed by atoms with Gasteiger partial charge in [-0.15, -0.1) is 0 Å². The molecule has 2 nitrogen and oxygen atoms in total. The van der Waals surface area contributed by atoms with Crippen molar-refractivity contribution in [3.8, 4) is 5.75 Å². The van der Waals surface area contributed by atoms with Crippen molar-refractivity contribution in [2.45, 2.75) is 9.79 Å². The van der Waals surface area contributed by atoms with E-state index in [9.17, 15) is 4.39 Å². The van der Waals surface area contributed by atoms with Gasteiger partial charge in [0, 0.05) is 15.5 Å². The molecule has 2 N–H and O–H groups in total. The van der Waals surface area contributed by atoms with E-state index in [-0.39, 0.29) is 5.02 Å². The molecule has 0 amide bonds. The van der Waals surface area contributed by atoms with Crippen LogP contribution in [0, 0.1) is 5.82 Å². The molecule has 2 aromatic rings. The first kappa shape index (κ1) is 13.1. The molecule has 0 aliphatic heterocycles. The summed E-state index contributed by atoms with van der Waals surface area (Å²) in [6.45, 7) is 0. The van der Waals surface area contributed by atoms with E-state index in [2.05, 4.69) is 0 Å². The first-order valence-electron chi connectivity index (χ1n) is 5.16.